The Morgan fingerprint density at radius 2 is 2.10 bits per heavy atom. The van der Waals surface area contributed by atoms with Gasteiger partial charge in [0.2, 0.25) is 0 Å². The zero-order chi connectivity index (χ0) is 22.2. The molecule has 6 heteroatoms. The fourth-order valence-electron chi connectivity index (χ4n) is 8.12. The molecule has 0 aromatic rings. The number of ketones is 2. The topological polar surface area (TPSA) is 93.1 Å². The van der Waals surface area contributed by atoms with Crippen LogP contribution in [0.4, 0.5) is 0 Å². The van der Waals surface area contributed by atoms with E-state index in [9.17, 15) is 19.8 Å². The van der Waals surface area contributed by atoms with Crippen molar-refractivity contribution in [3.8, 4) is 0 Å². The van der Waals surface area contributed by atoms with Gasteiger partial charge in [-0.2, -0.15) is 0 Å². The molecule has 3 saturated carbocycles. The van der Waals surface area contributed by atoms with E-state index < -0.39 is 36.1 Å². The van der Waals surface area contributed by atoms with E-state index in [0.717, 1.165) is 24.8 Å². The van der Waals surface area contributed by atoms with Gasteiger partial charge in [0.15, 0.2) is 23.5 Å². The lowest BCUT2D eigenvalue weighted by atomic mass is 9.46. The van der Waals surface area contributed by atoms with E-state index in [4.69, 9.17) is 9.47 Å². The minimum atomic E-state index is -1.20. The maximum Gasteiger partial charge on any atom is 0.193 e. The molecule has 1 heterocycles. The SMILES string of the molecule is CCCC1O[C@H]2CC3C4CCC5=CC(=O)C=C[C@]5(C)C4C(O)C[C@]3(C)[C@]2(C(=O)CO)O1. The van der Waals surface area contributed by atoms with Gasteiger partial charge in [-0.05, 0) is 56.1 Å². The highest BCUT2D eigenvalue weighted by Gasteiger charge is 2.75. The Balaban J connectivity index is 1.55. The van der Waals surface area contributed by atoms with Gasteiger partial charge in [-0.25, -0.2) is 0 Å². The number of Topliss-reactive ketones (excluding diaryl/α,β-unsaturated/α-hetero) is 1. The molecule has 4 fully saturated rings. The van der Waals surface area contributed by atoms with Crippen LogP contribution in [0.1, 0.15) is 59.3 Å². The van der Waals surface area contributed by atoms with Gasteiger partial charge in [0.05, 0.1) is 12.2 Å². The monoisotopic (exact) mass is 430 g/mol. The number of aliphatic hydroxyl groups excluding tert-OH is 2. The van der Waals surface area contributed by atoms with Crippen LogP contribution in [0.25, 0.3) is 0 Å². The van der Waals surface area contributed by atoms with Crippen LogP contribution in [-0.4, -0.2) is 52.5 Å². The molecule has 2 N–H and O–H groups in total. The highest BCUT2D eigenvalue weighted by atomic mass is 16.7. The lowest BCUT2D eigenvalue weighted by Gasteiger charge is -2.59. The zero-order valence-corrected chi connectivity index (χ0v) is 18.7. The molecular weight excluding hydrogens is 396 g/mol. The maximum absolute atomic E-state index is 13.2. The first-order chi connectivity index (χ1) is 14.7. The number of aliphatic hydroxyl groups is 2. The van der Waals surface area contributed by atoms with Crippen LogP contribution >= 0.6 is 0 Å². The molecule has 5 aliphatic rings. The number of rotatable bonds is 4. The number of carbonyl (C=O) groups excluding carboxylic acids is 2. The Labute approximate surface area is 183 Å². The molecule has 170 valence electrons. The Hall–Kier alpha value is -1.34. The van der Waals surface area contributed by atoms with Crippen LogP contribution in [0.5, 0.6) is 0 Å². The predicted octanol–water partition coefficient (Wildman–Crippen LogP) is 2.72. The number of hydrogen-bond donors (Lipinski definition) is 2. The van der Waals surface area contributed by atoms with Crippen molar-refractivity contribution in [2.75, 3.05) is 6.61 Å². The van der Waals surface area contributed by atoms with Crippen molar-refractivity contribution in [3.63, 3.8) is 0 Å². The average Bonchev–Trinajstić information content (AvgIpc) is 3.20. The highest BCUT2D eigenvalue weighted by Crippen LogP contribution is 2.69. The maximum atomic E-state index is 13.2. The second-order valence-electron chi connectivity index (χ2n) is 10.7. The van der Waals surface area contributed by atoms with E-state index in [1.165, 1.54) is 0 Å². The Kier molecular flexibility index (Phi) is 4.91. The fraction of sp³-hybridized carbons (Fsp3) is 0.760. The predicted molar refractivity (Wildman–Crippen MR) is 113 cm³/mol. The minimum Gasteiger partial charge on any atom is -0.393 e. The Bertz CT molecular complexity index is 862. The fourth-order valence-corrected chi connectivity index (χ4v) is 8.12. The highest BCUT2D eigenvalue weighted by molar-refractivity contribution is 6.01. The van der Waals surface area contributed by atoms with Crippen LogP contribution in [-0.2, 0) is 19.1 Å². The van der Waals surface area contributed by atoms with Gasteiger partial charge in [-0.3, -0.25) is 9.59 Å². The van der Waals surface area contributed by atoms with E-state index in [1.807, 2.05) is 6.08 Å². The standard InChI is InChI=1S/C25H34O6/c1-4-5-21-30-20-11-17-16-7-6-14-10-15(27)8-9-23(14,2)22(16)18(28)12-24(17,3)25(20,31-21)19(29)13-26/h8-10,16-18,20-22,26,28H,4-7,11-13H2,1-3H3/t16?,17?,18?,20-,21?,22?,23-,24-,25+/m0/s1. The second-order valence-corrected chi connectivity index (χ2v) is 10.7. The third-order valence-corrected chi connectivity index (χ3v) is 9.37. The molecule has 0 bridgehead atoms. The van der Waals surface area contributed by atoms with Crippen molar-refractivity contribution in [1.29, 1.82) is 0 Å². The van der Waals surface area contributed by atoms with Gasteiger partial charge in [-0.15, -0.1) is 0 Å². The normalized spacial score (nSPS) is 50.4. The Morgan fingerprint density at radius 3 is 2.81 bits per heavy atom. The molecule has 5 rings (SSSR count). The number of hydrogen-bond acceptors (Lipinski definition) is 6. The van der Waals surface area contributed by atoms with Gasteiger partial charge in [-0.1, -0.05) is 38.8 Å². The quantitative estimate of drug-likeness (QED) is 0.712. The molecule has 0 spiro atoms. The summed E-state index contributed by atoms with van der Waals surface area (Å²) in [4.78, 5) is 25.2. The summed E-state index contributed by atoms with van der Waals surface area (Å²) in [6, 6.07) is 0. The van der Waals surface area contributed by atoms with Crippen molar-refractivity contribution < 1.29 is 29.3 Å². The van der Waals surface area contributed by atoms with E-state index in [2.05, 4.69) is 20.8 Å². The molecule has 9 atom stereocenters. The molecule has 1 aliphatic heterocycles. The molecule has 1 saturated heterocycles. The zero-order valence-electron chi connectivity index (χ0n) is 18.7. The van der Waals surface area contributed by atoms with Crippen molar-refractivity contribution in [3.05, 3.63) is 23.8 Å². The molecule has 0 radical (unpaired) electrons. The summed E-state index contributed by atoms with van der Waals surface area (Å²) >= 11 is 0. The second kappa shape index (κ2) is 7.08. The molecular formula is C25H34O6. The summed E-state index contributed by atoms with van der Waals surface area (Å²) < 4.78 is 12.7. The van der Waals surface area contributed by atoms with Crippen LogP contribution in [0.15, 0.2) is 23.8 Å². The summed E-state index contributed by atoms with van der Waals surface area (Å²) in [6.07, 6.45) is 8.31. The lowest BCUT2D eigenvalue weighted by molar-refractivity contribution is -0.200. The number of fused-ring (bicyclic) bond motifs is 7. The minimum absolute atomic E-state index is 0.0125. The van der Waals surface area contributed by atoms with Gasteiger partial charge in [0.25, 0.3) is 0 Å². The van der Waals surface area contributed by atoms with Crippen LogP contribution in [0.3, 0.4) is 0 Å². The van der Waals surface area contributed by atoms with Gasteiger partial charge in [0, 0.05) is 16.7 Å². The van der Waals surface area contributed by atoms with Gasteiger partial charge in [0.1, 0.15) is 6.61 Å². The van der Waals surface area contributed by atoms with E-state index in [0.29, 0.717) is 19.3 Å². The third-order valence-electron chi connectivity index (χ3n) is 9.37. The van der Waals surface area contributed by atoms with E-state index >= 15 is 0 Å². The van der Waals surface area contributed by atoms with Crippen molar-refractivity contribution in [2.24, 2.45) is 28.6 Å². The summed E-state index contributed by atoms with van der Waals surface area (Å²) in [5.41, 5.74) is -1.05. The van der Waals surface area contributed by atoms with Crippen LogP contribution in [0.2, 0.25) is 0 Å². The molecule has 0 aromatic carbocycles. The average molecular weight is 431 g/mol. The molecule has 0 amide bonds. The number of carbonyl (C=O) groups is 2. The first-order valence-electron chi connectivity index (χ1n) is 11.8. The first kappa shape index (κ1) is 21.5. The van der Waals surface area contributed by atoms with Crippen molar-refractivity contribution >= 4 is 11.6 Å². The van der Waals surface area contributed by atoms with Crippen LogP contribution < -0.4 is 0 Å². The van der Waals surface area contributed by atoms with Crippen molar-refractivity contribution in [2.45, 2.75) is 83.4 Å². The molecule has 0 aromatic heterocycles. The number of ether oxygens (including phenoxy) is 2. The smallest absolute Gasteiger partial charge is 0.193 e. The third kappa shape index (κ3) is 2.65. The molecule has 31 heavy (non-hydrogen) atoms. The van der Waals surface area contributed by atoms with E-state index in [-0.39, 0.29) is 34.7 Å². The van der Waals surface area contributed by atoms with Crippen molar-refractivity contribution in [1.82, 2.24) is 0 Å². The summed E-state index contributed by atoms with van der Waals surface area (Å²) in [5.74, 6) is 0.0274. The Morgan fingerprint density at radius 1 is 1.32 bits per heavy atom. The summed E-state index contributed by atoms with van der Waals surface area (Å²) in [7, 11) is 0. The lowest BCUT2D eigenvalue weighted by Crippen LogP contribution is -2.63. The molecule has 5 unspecified atom stereocenters. The molecule has 6 nitrogen and oxygen atoms in total. The van der Waals surface area contributed by atoms with Crippen LogP contribution in [0, 0.1) is 28.6 Å². The van der Waals surface area contributed by atoms with E-state index in [1.54, 1.807) is 12.2 Å². The van der Waals surface area contributed by atoms with Gasteiger partial charge < -0.3 is 19.7 Å². The summed E-state index contributed by atoms with van der Waals surface area (Å²) in [6.45, 7) is 5.67. The first-order valence-corrected chi connectivity index (χ1v) is 11.8. The van der Waals surface area contributed by atoms with Gasteiger partial charge >= 0.3 is 0 Å². The number of allylic oxidation sites excluding steroid dienone is 4. The largest absolute Gasteiger partial charge is 0.393 e. The summed E-state index contributed by atoms with van der Waals surface area (Å²) in [5, 5.41) is 21.4. The molecule has 4 aliphatic carbocycles.